The molecule has 0 aromatic heterocycles. The van der Waals surface area contributed by atoms with Crippen LogP contribution in [0.3, 0.4) is 0 Å². The van der Waals surface area contributed by atoms with Crippen LogP contribution in [0.15, 0.2) is 18.2 Å². The number of halogens is 1. The lowest BCUT2D eigenvalue weighted by Gasteiger charge is -2.45. The number of benzene rings is 1. The van der Waals surface area contributed by atoms with Crippen molar-refractivity contribution in [2.75, 3.05) is 19.3 Å². The Morgan fingerprint density at radius 2 is 2.22 bits per heavy atom. The van der Waals surface area contributed by atoms with Gasteiger partial charge < -0.3 is 0 Å². The van der Waals surface area contributed by atoms with Crippen LogP contribution in [0.25, 0.3) is 0 Å². The molecule has 1 spiro atoms. The van der Waals surface area contributed by atoms with E-state index in [4.69, 9.17) is 5.26 Å². The van der Waals surface area contributed by atoms with Gasteiger partial charge >= 0.3 is 0 Å². The van der Waals surface area contributed by atoms with Gasteiger partial charge in [0.15, 0.2) is 0 Å². The fourth-order valence-electron chi connectivity index (χ4n) is 3.88. The van der Waals surface area contributed by atoms with E-state index >= 15 is 0 Å². The van der Waals surface area contributed by atoms with Gasteiger partial charge in [-0.3, -0.25) is 4.90 Å². The minimum Gasteiger partial charge on any atom is -0.299 e. The summed E-state index contributed by atoms with van der Waals surface area (Å²) in [6, 6.07) is 6.59. The number of likely N-dealkylation sites (tertiary alicyclic amines) is 1. The molecule has 1 aromatic carbocycles. The van der Waals surface area contributed by atoms with Gasteiger partial charge in [0.25, 0.3) is 0 Å². The first-order valence-corrected chi connectivity index (χ1v) is 9.56. The molecule has 2 fully saturated rings. The summed E-state index contributed by atoms with van der Waals surface area (Å²) in [6.07, 6.45) is 4.01. The molecule has 1 saturated heterocycles. The summed E-state index contributed by atoms with van der Waals surface area (Å²) in [6.45, 7) is 2.57. The zero-order chi connectivity index (χ0) is 16.7. The SMILES string of the molecule is CS(=O)(=O)NC1CC2(CCN(Cc3ccc(F)c(C#N)c3)C2)C1. The fourth-order valence-corrected chi connectivity index (χ4v) is 4.65. The van der Waals surface area contributed by atoms with Crippen molar-refractivity contribution in [3.63, 3.8) is 0 Å². The summed E-state index contributed by atoms with van der Waals surface area (Å²) in [5.41, 5.74) is 1.23. The molecule has 1 aliphatic heterocycles. The number of rotatable bonds is 4. The second kappa shape index (κ2) is 5.86. The molecule has 0 radical (unpaired) electrons. The van der Waals surface area contributed by atoms with Gasteiger partial charge in [-0.05, 0) is 48.9 Å². The van der Waals surface area contributed by atoms with Crippen LogP contribution in [0.1, 0.15) is 30.4 Å². The van der Waals surface area contributed by atoms with Crippen molar-refractivity contribution in [1.29, 1.82) is 5.26 Å². The summed E-state index contributed by atoms with van der Waals surface area (Å²) in [4.78, 5) is 2.30. The first-order chi connectivity index (χ1) is 10.8. The maximum absolute atomic E-state index is 13.4. The summed E-state index contributed by atoms with van der Waals surface area (Å²) >= 11 is 0. The maximum atomic E-state index is 13.4. The van der Waals surface area contributed by atoms with Crippen LogP contribution < -0.4 is 4.72 Å². The first-order valence-electron chi connectivity index (χ1n) is 7.67. The van der Waals surface area contributed by atoms with Crippen LogP contribution in [-0.4, -0.2) is 38.7 Å². The predicted molar refractivity (Wildman–Crippen MR) is 84.4 cm³/mol. The molecular formula is C16H20FN3O2S. The van der Waals surface area contributed by atoms with Gasteiger partial charge in [0, 0.05) is 19.1 Å². The molecule has 23 heavy (non-hydrogen) atoms. The van der Waals surface area contributed by atoms with E-state index in [1.54, 1.807) is 12.1 Å². The monoisotopic (exact) mass is 337 g/mol. The van der Waals surface area contributed by atoms with Crippen LogP contribution in [-0.2, 0) is 16.6 Å². The van der Waals surface area contributed by atoms with Crippen molar-refractivity contribution >= 4 is 10.0 Å². The Labute approximate surface area is 136 Å². The normalized spacial score (nSPS) is 27.8. The minimum atomic E-state index is -3.13. The molecule has 2 aliphatic rings. The lowest BCUT2D eigenvalue weighted by atomic mass is 9.65. The Morgan fingerprint density at radius 3 is 2.87 bits per heavy atom. The molecule has 1 aromatic rings. The Balaban J connectivity index is 1.56. The molecule has 0 atom stereocenters. The average molecular weight is 337 g/mol. The third-order valence-electron chi connectivity index (χ3n) is 4.81. The van der Waals surface area contributed by atoms with Crippen molar-refractivity contribution in [2.24, 2.45) is 5.41 Å². The van der Waals surface area contributed by atoms with Gasteiger partial charge in [-0.2, -0.15) is 5.26 Å². The van der Waals surface area contributed by atoms with Gasteiger partial charge in [0.2, 0.25) is 10.0 Å². The molecule has 124 valence electrons. The van der Waals surface area contributed by atoms with E-state index in [1.807, 2.05) is 6.07 Å². The number of hydrogen-bond donors (Lipinski definition) is 1. The van der Waals surface area contributed by atoms with Gasteiger partial charge in [-0.25, -0.2) is 17.5 Å². The number of nitrogens with zero attached hydrogens (tertiary/aromatic N) is 2. The van der Waals surface area contributed by atoms with Crippen molar-refractivity contribution in [3.05, 3.63) is 35.1 Å². The van der Waals surface area contributed by atoms with E-state index in [0.717, 1.165) is 37.9 Å². The van der Waals surface area contributed by atoms with E-state index in [2.05, 4.69) is 9.62 Å². The molecular weight excluding hydrogens is 317 g/mol. The second-order valence-electron chi connectivity index (χ2n) is 6.88. The van der Waals surface area contributed by atoms with E-state index in [9.17, 15) is 12.8 Å². The lowest BCUT2D eigenvalue weighted by Crippen LogP contribution is -2.51. The highest BCUT2D eigenvalue weighted by Crippen LogP contribution is 2.48. The fraction of sp³-hybridized carbons (Fsp3) is 0.562. The topological polar surface area (TPSA) is 73.2 Å². The molecule has 1 aliphatic carbocycles. The van der Waals surface area contributed by atoms with Gasteiger partial charge in [-0.1, -0.05) is 6.07 Å². The Kier molecular flexibility index (Phi) is 4.17. The van der Waals surface area contributed by atoms with Crippen molar-refractivity contribution in [1.82, 2.24) is 9.62 Å². The van der Waals surface area contributed by atoms with Crippen molar-refractivity contribution in [3.8, 4) is 6.07 Å². The standard InChI is InChI=1S/C16H20FN3O2S/c1-23(21,22)19-14-7-16(8-14)4-5-20(11-16)10-12-2-3-15(17)13(6-12)9-18/h2-3,6,14,19H,4-5,7-8,10-11H2,1H3. The largest absolute Gasteiger partial charge is 0.299 e. The van der Waals surface area contributed by atoms with Gasteiger partial charge in [-0.15, -0.1) is 0 Å². The molecule has 1 heterocycles. The lowest BCUT2D eigenvalue weighted by molar-refractivity contribution is 0.101. The van der Waals surface area contributed by atoms with Crippen LogP contribution in [0.5, 0.6) is 0 Å². The zero-order valence-electron chi connectivity index (χ0n) is 13.0. The Hall–Kier alpha value is -1.49. The van der Waals surface area contributed by atoms with E-state index in [-0.39, 0.29) is 17.0 Å². The Morgan fingerprint density at radius 1 is 1.48 bits per heavy atom. The molecule has 3 rings (SSSR count). The van der Waals surface area contributed by atoms with E-state index < -0.39 is 15.8 Å². The third-order valence-corrected chi connectivity index (χ3v) is 5.58. The number of sulfonamides is 1. The van der Waals surface area contributed by atoms with E-state index in [1.165, 1.54) is 12.3 Å². The zero-order valence-corrected chi connectivity index (χ0v) is 13.9. The summed E-state index contributed by atoms with van der Waals surface area (Å²) in [7, 11) is -3.13. The van der Waals surface area contributed by atoms with Gasteiger partial charge in [0.05, 0.1) is 11.8 Å². The van der Waals surface area contributed by atoms with Gasteiger partial charge in [0.1, 0.15) is 11.9 Å². The first kappa shape index (κ1) is 16.4. The highest BCUT2D eigenvalue weighted by Gasteiger charge is 2.48. The van der Waals surface area contributed by atoms with E-state index in [0.29, 0.717) is 6.54 Å². The number of nitriles is 1. The maximum Gasteiger partial charge on any atom is 0.208 e. The summed E-state index contributed by atoms with van der Waals surface area (Å²) < 4.78 is 38.5. The van der Waals surface area contributed by atoms with Crippen molar-refractivity contribution < 1.29 is 12.8 Å². The molecule has 0 unspecified atom stereocenters. The van der Waals surface area contributed by atoms with Crippen molar-refractivity contribution in [2.45, 2.75) is 31.8 Å². The van der Waals surface area contributed by atoms with Crippen LogP contribution in [0, 0.1) is 22.6 Å². The molecule has 5 nitrogen and oxygen atoms in total. The smallest absolute Gasteiger partial charge is 0.208 e. The second-order valence-corrected chi connectivity index (χ2v) is 8.66. The minimum absolute atomic E-state index is 0.0564. The van der Waals surface area contributed by atoms with Crippen LogP contribution >= 0.6 is 0 Å². The molecule has 1 N–H and O–H groups in total. The third kappa shape index (κ3) is 3.71. The molecule has 0 bridgehead atoms. The van der Waals surface area contributed by atoms with Crippen LogP contribution in [0.4, 0.5) is 4.39 Å². The summed E-state index contributed by atoms with van der Waals surface area (Å²) in [5.74, 6) is -0.483. The summed E-state index contributed by atoms with van der Waals surface area (Å²) in [5, 5.41) is 8.90. The number of hydrogen-bond acceptors (Lipinski definition) is 4. The van der Waals surface area contributed by atoms with Crippen LogP contribution in [0.2, 0.25) is 0 Å². The Bertz CT molecular complexity index is 751. The molecule has 1 saturated carbocycles. The highest BCUT2D eigenvalue weighted by molar-refractivity contribution is 7.88. The molecule has 0 amide bonds. The average Bonchev–Trinajstić information content (AvgIpc) is 2.83. The number of nitrogens with one attached hydrogen (secondary N) is 1. The quantitative estimate of drug-likeness (QED) is 0.906. The highest BCUT2D eigenvalue weighted by atomic mass is 32.2. The molecule has 7 heteroatoms. The predicted octanol–water partition coefficient (Wildman–Crippen LogP) is 1.60.